The summed E-state index contributed by atoms with van der Waals surface area (Å²) >= 11 is 0. The van der Waals surface area contributed by atoms with Crippen LogP contribution in [0.5, 0.6) is 0 Å². The molecule has 6 rings (SSSR count). The van der Waals surface area contributed by atoms with Crippen LogP contribution >= 0.6 is 0 Å². The average Bonchev–Trinajstić information content (AvgIpc) is 3.68. The van der Waals surface area contributed by atoms with Crippen molar-refractivity contribution in [1.29, 1.82) is 0 Å². The van der Waals surface area contributed by atoms with Gasteiger partial charge in [0.2, 0.25) is 5.95 Å². The average molecular weight is 516 g/mol. The van der Waals surface area contributed by atoms with Gasteiger partial charge in [0.15, 0.2) is 5.78 Å². The number of nitrogens with one attached hydrogen (secondary N) is 1. The Morgan fingerprint density at radius 3 is 2.50 bits per heavy atom. The van der Waals surface area contributed by atoms with Crippen LogP contribution in [-0.2, 0) is 6.54 Å². The van der Waals surface area contributed by atoms with Crippen molar-refractivity contribution in [3.8, 4) is 0 Å². The monoisotopic (exact) mass is 515 g/mol. The minimum absolute atomic E-state index is 0.0551. The molecule has 0 amide bonds. The first-order valence-corrected chi connectivity index (χ1v) is 14.1. The molecular formula is C29H37N7O2. The molecule has 0 spiro atoms. The topological polar surface area (TPSA) is 96.2 Å². The molecule has 1 N–H and O–H groups in total. The van der Waals surface area contributed by atoms with E-state index in [0.29, 0.717) is 29.0 Å². The van der Waals surface area contributed by atoms with Gasteiger partial charge in [-0.15, -0.1) is 0 Å². The highest BCUT2D eigenvalue weighted by atomic mass is 16.1. The highest BCUT2D eigenvalue weighted by Crippen LogP contribution is 2.32. The van der Waals surface area contributed by atoms with Crippen molar-refractivity contribution in [2.75, 3.05) is 31.5 Å². The van der Waals surface area contributed by atoms with Crippen molar-refractivity contribution in [3.05, 3.63) is 51.6 Å². The lowest BCUT2D eigenvalue weighted by Crippen LogP contribution is -2.35. The number of ketones is 1. The summed E-state index contributed by atoms with van der Waals surface area (Å²) in [5.74, 6) is 0.844. The Kier molecular flexibility index (Phi) is 6.97. The lowest BCUT2D eigenvalue weighted by Gasteiger charge is -2.23. The number of likely N-dealkylation sites (tertiary alicyclic amines) is 2. The van der Waals surface area contributed by atoms with Crippen molar-refractivity contribution in [2.24, 2.45) is 0 Å². The van der Waals surface area contributed by atoms with Crippen LogP contribution in [0.25, 0.3) is 11.0 Å². The van der Waals surface area contributed by atoms with Gasteiger partial charge >= 0.3 is 0 Å². The highest BCUT2D eigenvalue weighted by molar-refractivity contribution is 5.99. The van der Waals surface area contributed by atoms with Gasteiger partial charge in [0.25, 0.3) is 5.56 Å². The summed E-state index contributed by atoms with van der Waals surface area (Å²) in [6.07, 6.45) is 11.6. The first-order valence-electron chi connectivity index (χ1n) is 14.1. The van der Waals surface area contributed by atoms with Crippen molar-refractivity contribution in [2.45, 2.75) is 77.4 Å². The summed E-state index contributed by atoms with van der Waals surface area (Å²) in [5.41, 5.74) is 2.43. The van der Waals surface area contributed by atoms with Crippen LogP contribution in [0.3, 0.4) is 0 Å². The molecule has 38 heavy (non-hydrogen) atoms. The molecule has 1 aliphatic carbocycles. The molecule has 5 heterocycles. The number of pyridine rings is 2. The fraction of sp³-hybridized carbons (Fsp3) is 0.552. The van der Waals surface area contributed by atoms with E-state index in [1.54, 1.807) is 10.8 Å². The van der Waals surface area contributed by atoms with Crippen LogP contribution in [0.4, 0.5) is 11.8 Å². The first kappa shape index (κ1) is 25.1. The number of hydrogen-bond donors (Lipinski definition) is 1. The number of nitrogens with zero attached hydrogens (tertiary/aromatic N) is 6. The SMILES string of the molecule is CC(=O)c1c(C)c2cnc(Nc3ccc(CN4CCC(N5CCCC5)C4)cn3)nc2n(C2CCCC2)c1=O. The van der Waals surface area contributed by atoms with Crippen LogP contribution < -0.4 is 10.9 Å². The van der Waals surface area contributed by atoms with Crippen LogP contribution in [0.1, 0.15) is 79.4 Å². The van der Waals surface area contributed by atoms with Gasteiger partial charge in [0.05, 0.1) is 5.56 Å². The fourth-order valence-electron chi connectivity index (χ4n) is 6.63. The van der Waals surface area contributed by atoms with Gasteiger partial charge in [-0.1, -0.05) is 18.9 Å². The maximum Gasteiger partial charge on any atom is 0.263 e. The minimum atomic E-state index is -0.240. The Morgan fingerprint density at radius 2 is 1.79 bits per heavy atom. The molecule has 3 fully saturated rings. The van der Waals surface area contributed by atoms with Gasteiger partial charge in [0.1, 0.15) is 11.5 Å². The normalized spacial score (nSPS) is 21.1. The molecule has 200 valence electrons. The van der Waals surface area contributed by atoms with Crippen LogP contribution in [-0.4, -0.2) is 67.3 Å². The summed E-state index contributed by atoms with van der Waals surface area (Å²) in [7, 11) is 0. The van der Waals surface area contributed by atoms with E-state index in [1.165, 1.54) is 44.8 Å². The third-order valence-electron chi connectivity index (χ3n) is 8.63. The third kappa shape index (κ3) is 4.85. The molecule has 0 bridgehead atoms. The molecule has 0 radical (unpaired) electrons. The molecule has 9 heteroatoms. The van der Waals surface area contributed by atoms with Crippen LogP contribution in [0.15, 0.2) is 29.3 Å². The second kappa shape index (κ2) is 10.5. The number of rotatable bonds is 7. The Labute approximate surface area is 223 Å². The van der Waals surface area contributed by atoms with E-state index in [9.17, 15) is 9.59 Å². The van der Waals surface area contributed by atoms with Gasteiger partial charge in [-0.2, -0.15) is 4.98 Å². The van der Waals surface area contributed by atoms with Gasteiger partial charge in [-0.05, 0) is 76.2 Å². The summed E-state index contributed by atoms with van der Waals surface area (Å²) < 4.78 is 1.74. The minimum Gasteiger partial charge on any atom is -0.309 e. The number of anilines is 2. The van der Waals surface area contributed by atoms with Gasteiger partial charge < -0.3 is 5.32 Å². The molecule has 2 aliphatic heterocycles. The Bertz CT molecular complexity index is 1390. The van der Waals surface area contributed by atoms with Gasteiger partial charge in [0, 0.05) is 49.5 Å². The third-order valence-corrected chi connectivity index (χ3v) is 8.63. The molecule has 1 saturated carbocycles. The van der Waals surface area contributed by atoms with Crippen molar-refractivity contribution < 1.29 is 4.79 Å². The van der Waals surface area contributed by atoms with E-state index >= 15 is 0 Å². The lowest BCUT2D eigenvalue weighted by atomic mass is 10.0. The summed E-state index contributed by atoms with van der Waals surface area (Å²) in [4.78, 5) is 44.8. The van der Waals surface area contributed by atoms with Gasteiger partial charge in [-0.25, -0.2) is 9.97 Å². The van der Waals surface area contributed by atoms with Crippen molar-refractivity contribution in [3.63, 3.8) is 0 Å². The van der Waals surface area contributed by atoms with E-state index in [4.69, 9.17) is 4.98 Å². The number of carbonyl (C=O) groups excluding carboxylic acids is 1. The van der Waals surface area contributed by atoms with E-state index in [2.05, 4.69) is 31.2 Å². The molecule has 3 aromatic rings. The number of carbonyl (C=O) groups is 1. The maximum absolute atomic E-state index is 13.4. The second-order valence-electron chi connectivity index (χ2n) is 11.2. The predicted octanol–water partition coefficient (Wildman–Crippen LogP) is 4.23. The molecule has 1 unspecified atom stereocenters. The number of fused-ring (bicyclic) bond motifs is 1. The summed E-state index contributed by atoms with van der Waals surface area (Å²) in [6.45, 7) is 8.96. The lowest BCUT2D eigenvalue weighted by molar-refractivity contribution is 0.101. The zero-order chi connectivity index (χ0) is 26.2. The number of aryl methyl sites for hydroxylation is 1. The molecular weight excluding hydrogens is 478 g/mol. The number of Topliss-reactive ketones (excluding diaryl/α,β-unsaturated/α-hetero) is 1. The van der Waals surface area contributed by atoms with E-state index in [0.717, 1.165) is 50.7 Å². The predicted molar refractivity (Wildman–Crippen MR) is 148 cm³/mol. The fourth-order valence-corrected chi connectivity index (χ4v) is 6.63. The Balaban J connectivity index is 1.21. The van der Waals surface area contributed by atoms with Gasteiger partial charge in [-0.3, -0.25) is 24.0 Å². The first-order chi connectivity index (χ1) is 18.5. The summed E-state index contributed by atoms with van der Waals surface area (Å²) in [6, 6.07) is 4.83. The number of hydrogen-bond acceptors (Lipinski definition) is 8. The molecule has 9 nitrogen and oxygen atoms in total. The van der Waals surface area contributed by atoms with Crippen LogP contribution in [0.2, 0.25) is 0 Å². The van der Waals surface area contributed by atoms with Crippen molar-refractivity contribution in [1.82, 2.24) is 29.3 Å². The standard InChI is InChI=1S/C29H37N7O2/c1-19-24-16-31-29(33-27(24)36(22-7-3-4-8-22)28(38)26(19)20(2)37)32-25-10-9-21(15-30-25)17-34-14-11-23(18-34)35-12-5-6-13-35/h9-10,15-16,22-23H,3-8,11-14,17-18H2,1-2H3,(H,30,31,32,33). The zero-order valence-electron chi connectivity index (χ0n) is 22.4. The Morgan fingerprint density at radius 1 is 1.00 bits per heavy atom. The molecule has 3 aliphatic rings. The molecule has 1 atom stereocenters. The molecule has 3 aromatic heterocycles. The second-order valence-corrected chi connectivity index (χ2v) is 11.2. The van der Waals surface area contributed by atoms with E-state index < -0.39 is 0 Å². The maximum atomic E-state index is 13.4. The largest absolute Gasteiger partial charge is 0.309 e. The Hall–Kier alpha value is -3.17. The molecule has 0 aromatic carbocycles. The summed E-state index contributed by atoms with van der Waals surface area (Å²) in [5, 5.41) is 3.96. The highest BCUT2D eigenvalue weighted by Gasteiger charge is 2.29. The number of aromatic nitrogens is 4. The van der Waals surface area contributed by atoms with E-state index in [-0.39, 0.29) is 22.9 Å². The van der Waals surface area contributed by atoms with E-state index in [1.807, 2.05) is 19.2 Å². The molecule has 2 saturated heterocycles. The van der Waals surface area contributed by atoms with Crippen LogP contribution in [0, 0.1) is 6.92 Å². The van der Waals surface area contributed by atoms with Crippen molar-refractivity contribution >= 4 is 28.6 Å². The quantitative estimate of drug-likeness (QED) is 0.467. The smallest absolute Gasteiger partial charge is 0.263 e. The zero-order valence-corrected chi connectivity index (χ0v) is 22.4.